The summed E-state index contributed by atoms with van der Waals surface area (Å²) in [7, 11) is 0. The predicted octanol–water partition coefficient (Wildman–Crippen LogP) is 6.06. The summed E-state index contributed by atoms with van der Waals surface area (Å²) in [6.07, 6.45) is 0.619. The summed E-state index contributed by atoms with van der Waals surface area (Å²) in [4.78, 5) is 25.9. The first kappa shape index (κ1) is 23.9. The van der Waals surface area contributed by atoms with Crippen LogP contribution in [0.2, 0.25) is 5.02 Å². The number of rotatable bonds is 8. The number of hydrogen-bond donors (Lipinski definition) is 3. The molecule has 0 aliphatic heterocycles. The zero-order valence-corrected chi connectivity index (χ0v) is 19.5. The van der Waals surface area contributed by atoms with Crippen LogP contribution in [0.5, 0.6) is 17.2 Å². The summed E-state index contributed by atoms with van der Waals surface area (Å²) >= 11 is 5.93. The number of amides is 2. The van der Waals surface area contributed by atoms with Gasteiger partial charge in [-0.25, -0.2) is 0 Å². The third-order valence-corrected chi connectivity index (χ3v) is 5.44. The van der Waals surface area contributed by atoms with Gasteiger partial charge in [-0.05, 0) is 72.6 Å². The standard InChI is InChI=1S/C28H23ClN2O4/c29-21-11-9-19(10-12-21)15-16-30-28(34)25-18-24(35-23-7-2-1-3-8-23)13-14-26(25)31-27(33)20-5-4-6-22(32)17-20/h1-14,17-18,32H,15-16H2,(H,30,34)(H,31,33). The molecule has 0 heterocycles. The van der Waals surface area contributed by atoms with Gasteiger partial charge in [-0.1, -0.05) is 48.0 Å². The first-order valence-electron chi connectivity index (χ1n) is 11.0. The summed E-state index contributed by atoms with van der Waals surface area (Å²) in [6, 6.07) is 27.5. The molecule has 2 amide bonds. The zero-order valence-electron chi connectivity index (χ0n) is 18.7. The van der Waals surface area contributed by atoms with Crippen LogP contribution in [0.1, 0.15) is 26.3 Å². The number of ether oxygens (including phenoxy) is 1. The average Bonchev–Trinajstić information content (AvgIpc) is 2.86. The number of phenols is 1. The van der Waals surface area contributed by atoms with E-state index in [4.69, 9.17) is 16.3 Å². The minimum absolute atomic E-state index is 0.0237. The number of carbonyl (C=O) groups excluding carboxylic acids is 2. The normalized spacial score (nSPS) is 10.4. The van der Waals surface area contributed by atoms with Gasteiger partial charge in [0.05, 0.1) is 11.3 Å². The number of aromatic hydroxyl groups is 1. The van der Waals surface area contributed by atoms with E-state index in [1.807, 2.05) is 42.5 Å². The summed E-state index contributed by atoms with van der Waals surface area (Å²) in [5.74, 6) is 0.244. The van der Waals surface area contributed by atoms with Crippen molar-refractivity contribution < 1.29 is 19.4 Å². The van der Waals surface area contributed by atoms with Crippen LogP contribution in [0.25, 0.3) is 0 Å². The van der Waals surface area contributed by atoms with Crippen molar-refractivity contribution in [3.05, 3.63) is 119 Å². The molecule has 0 saturated heterocycles. The van der Waals surface area contributed by atoms with Gasteiger partial charge in [0.2, 0.25) is 0 Å². The Hall–Kier alpha value is -4.29. The fraction of sp³-hybridized carbons (Fsp3) is 0.0714. The second kappa shape index (κ2) is 11.2. The van der Waals surface area contributed by atoms with Crippen LogP contribution in [0.4, 0.5) is 5.69 Å². The minimum Gasteiger partial charge on any atom is -0.508 e. The number of hydrogen-bond acceptors (Lipinski definition) is 4. The number of anilines is 1. The van der Waals surface area contributed by atoms with Gasteiger partial charge < -0.3 is 20.5 Å². The lowest BCUT2D eigenvalue weighted by molar-refractivity contribution is 0.0954. The Morgan fingerprint density at radius 1 is 0.800 bits per heavy atom. The number of halogens is 1. The molecule has 0 radical (unpaired) electrons. The van der Waals surface area contributed by atoms with Crippen molar-refractivity contribution in [2.45, 2.75) is 6.42 Å². The second-order valence-corrected chi connectivity index (χ2v) is 8.20. The Balaban J connectivity index is 1.53. The highest BCUT2D eigenvalue weighted by Crippen LogP contribution is 2.27. The number of para-hydroxylation sites is 1. The highest BCUT2D eigenvalue weighted by molar-refractivity contribution is 6.30. The van der Waals surface area contributed by atoms with E-state index in [9.17, 15) is 14.7 Å². The second-order valence-electron chi connectivity index (χ2n) is 7.76. The first-order chi connectivity index (χ1) is 17.0. The molecule has 0 atom stereocenters. The largest absolute Gasteiger partial charge is 0.508 e. The molecule has 0 saturated carbocycles. The fourth-order valence-corrected chi connectivity index (χ4v) is 3.54. The number of benzene rings is 4. The average molecular weight is 487 g/mol. The summed E-state index contributed by atoms with van der Waals surface area (Å²) in [5, 5.41) is 16.0. The molecule has 4 aromatic carbocycles. The van der Waals surface area contributed by atoms with Crippen molar-refractivity contribution in [2.24, 2.45) is 0 Å². The molecule has 0 unspecified atom stereocenters. The fourth-order valence-electron chi connectivity index (χ4n) is 3.42. The van der Waals surface area contributed by atoms with Gasteiger partial charge in [0.25, 0.3) is 11.8 Å². The van der Waals surface area contributed by atoms with Gasteiger partial charge in [0.1, 0.15) is 17.2 Å². The quantitative estimate of drug-likeness (QED) is 0.282. The van der Waals surface area contributed by atoms with Crippen molar-refractivity contribution in [3.63, 3.8) is 0 Å². The van der Waals surface area contributed by atoms with Crippen LogP contribution in [0, 0.1) is 0 Å². The van der Waals surface area contributed by atoms with E-state index in [1.54, 1.807) is 42.5 Å². The SMILES string of the molecule is O=C(Nc1ccc(Oc2ccccc2)cc1C(=O)NCCc1ccc(Cl)cc1)c1cccc(O)c1. The maximum absolute atomic E-state index is 13.1. The van der Waals surface area contributed by atoms with E-state index in [-0.39, 0.29) is 22.8 Å². The van der Waals surface area contributed by atoms with E-state index in [1.165, 1.54) is 12.1 Å². The lowest BCUT2D eigenvalue weighted by Crippen LogP contribution is -2.27. The molecule has 0 fully saturated rings. The maximum Gasteiger partial charge on any atom is 0.255 e. The Labute approximate surface area is 208 Å². The molecule has 0 spiro atoms. The Kier molecular flexibility index (Phi) is 7.65. The monoisotopic (exact) mass is 486 g/mol. The molecule has 3 N–H and O–H groups in total. The van der Waals surface area contributed by atoms with E-state index < -0.39 is 5.91 Å². The Bertz CT molecular complexity index is 1320. The van der Waals surface area contributed by atoms with Crippen molar-refractivity contribution in [1.29, 1.82) is 0 Å². The Morgan fingerprint density at radius 3 is 2.31 bits per heavy atom. The van der Waals surface area contributed by atoms with Crippen LogP contribution >= 0.6 is 11.6 Å². The molecule has 176 valence electrons. The van der Waals surface area contributed by atoms with Crippen molar-refractivity contribution in [3.8, 4) is 17.2 Å². The van der Waals surface area contributed by atoms with Gasteiger partial charge in [0.15, 0.2) is 0 Å². The van der Waals surface area contributed by atoms with Crippen LogP contribution in [-0.2, 0) is 6.42 Å². The van der Waals surface area contributed by atoms with Crippen molar-refractivity contribution in [1.82, 2.24) is 5.32 Å². The molecule has 6 nitrogen and oxygen atoms in total. The van der Waals surface area contributed by atoms with Crippen LogP contribution in [0.15, 0.2) is 97.1 Å². The smallest absolute Gasteiger partial charge is 0.255 e. The molecule has 0 aliphatic carbocycles. The molecule has 4 aromatic rings. The Morgan fingerprint density at radius 2 is 1.57 bits per heavy atom. The van der Waals surface area contributed by atoms with Crippen molar-refractivity contribution in [2.75, 3.05) is 11.9 Å². The third-order valence-electron chi connectivity index (χ3n) is 5.18. The van der Waals surface area contributed by atoms with Crippen LogP contribution in [-0.4, -0.2) is 23.5 Å². The zero-order chi connectivity index (χ0) is 24.6. The topological polar surface area (TPSA) is 87.7 Å². The first-order valence-corrected chi connectivity index (χ1v) is 11.4. The van der Waals surface area contributed by atoms with Gasteiger partial charge in [-0.2, -0.15) is 0 Å². The molecule has 0 aromatic heterocycles. The maximum atomic E-state index is 13.1. The molecular formula is C28H23ClN2O4. The summed E-state index contributed by atoms with van der Waals surface area (Å²) in [5.41, 5.74) is 1.88. The van der Waals surface area contributed by atoms with Gasteiger partial charge in [-0.3, -0.25) is 9.59 Å². The lowest BCUT2D eigenvalue weighted by atomic mass is 10.1. The van der Waals surface area contributed by atoms with E-state index in [2.05, 4.69) is 10.6 Å². The number of phenolic OH excluding ortho intramolecular Hbond substituents is 1. The number of nitrogens with one attached hydrogen (secondary N) is 2. The molecular weight excluding hydrogens is 464 g/mol. The molecule has 4 rings (SSSR count). The highest BCUT2D eigenvalue weighted by atomic mass is 35.5. The van der Waals surface area contributed by atoms with E-state index in [0.717, 1.165) is 5.56 Å². The van der Waals surface area contributed by atoms with Gasteiger partial charge >= 0.3 is 0 Å². The van der Waals surface area contributed by atoms with E-state index in [0.29, 0.717) is 35.2 Å². The summed E-state index contributed by atoms with van der Waals surface area (Å²) in [6.45, 7) is 0.393. The molecule has 0 aliphatic rings. The third kappa shape index (κ3) is 6.62. The van der Waals surface area contributed by atoms with Crippen LogP contribution < -0.4 is 15.4 Å². The van der Waals surface area contributed by atoms with Crippen LogP contribution in [0.3, 0.4) is 0 Å². The van der Waals surface area contributed by atoms with Crippen molar-refractivity contribution >= 4 is 29.1 Å². The number of carbonyl (C=O) groups is 2. The van der Waals surface area contributed by atoms with E-state index >= 15 is 0 Å². The molecule has 0 bridgehead atoms. The summed E-state index contributed by atoms with van der Waals surface area (Å²) < 4.78 is 5.88. The lowest BCUT2D eigenvalue weighted by Gasteiger charge is -2.14. The highest BCUT2D eigenvalue weighted by Gasteiger charge is 2.16. The molecule has 7 heteroatoms. The van der Waals surface area contributed by atoms with Gasteiger partial charge in [0, 0.05) is 17.1 Å². The predicted molar refractivity (Wildman–Crippen MR) is 137 cm³/mol. The molecule has 35 heavy (non-hydrogen) atoms. The van der Waals surface area contributed by atoms with Gasteiger partial charge in [-0.15, -0.1) is 0 Å². The minimum atomic E-state index is -0.451.